The second kappa shape index (κ2) is 8.75. The maximum absolute atomic E-state index is 10.5. The van der Waals surface area contributed by atoms with Gasteiger partial charge >= 0.3 is 0 Å². The van der Waals surface area contributed by atoms with Crippen LogP contribution in [0.5, 0.6) is 0 Å². The van der Waals surface area contributed by atoms with Crippen molar-refractivity contribution in [2.45, 2.75) is 75.5 Å². The Balaban J connectivity index is 1.73. The highest BCUT2D eigenvalue weighted by Crippen LogP contribution is 2.35. The smallest absolute Gasteiger partial charge is 0.235 e. The number of hydrogen-bond donors (Lipinski definition) is 0. The Morgan fingerprint density at radius 3 is 1.56 bits per heavy atom. The molecule has 0 N–H and O–H groups in total. The Kier molecular flexibility index (Phi) is 6.16. The van der Waals surface area contributed by atoms with Crippen molar-refractivity contribution in [3.63, 3.8) is 0 Å². The van der Waals surface area contributed by atoms with E-state index in [1.165, 1.54) is 5.69 Å². The van der Waals surface area contributed by atoms with Crippen LogP contribution < -0.4 is 4.90 Å². The van der Waals surface area contributed by atoms with Crippen LogP contribution in [0.2, 0.25) is 0 Å². The van der Waals surface area contributed by atoms with Gasteiger partial charge in [0.1, 0.15) is 0 Å². The van der Waals surface area contributed by atoms with Crippen LogP contribution in [0.4, 0.5) is 5.69 Å². The molecule has 3 rings (SSSR count). The zero-order chi connectivity index (χ0) is 17.5. The summed E-state index contributed by atoms with van der Waals surface area (Å²) in [7, 11) is 0. The molecular weight excluding hydrogens is 314 g/mol. The monoisotopic (exact) mass is 339 g/mol. The summed E-state index contributed by atoms with van der Waals surface area (Å²) in [5, 5.41) is 0. The topological polar surface area (TPSA) is 62.1 Å². The number of nitrogens with zero attached hydrogens (tertiary/aromatic N) is 3. The Bertz CT molecular complexity index is 596. The summed E-state index contributed by atoms with van der Waals surface area (Å²) in [5.41, 5.74) is 1.27. The van der Waals surface area contributed by atoms with E-state index in [0.717, 1.165) is 51.4 Å². The van der Waals surface area contributed by atoms with Crippen molar-refractivity contribution >= 4 is 17.8 Å². The van der Waals surface area contributed by atoms with Crippen LogP contribution in [-0.2, 0) is 9.59 Å². The fourth-order valence-electron chi connectivity index (χ4n) is 4.40. The predicted molar refractivity (Wildman–Crippen MR) is 97.3 cm³/mol. The molecule has 2 aliphatic carbocycles. The first kappa shape index (κ1) is 17.6. The number of isocyanates is 2. The summed E-state index contributed by atoms with van der Waals surface area (Å²) in [6.45, 7) is 0. The van der Waals surface area contributed by atoms with Gasteiger partial charge in [-0.25, -0.2) is 19.6 Å². The van der Waals surface area contributed by atoms with Crippen molar-refractivity contribution in [1.82, 2.24) is 0 Å². The number of aliphatic imine (C=N–C) groups is 2. The van der Waals surface area contributed by atoms with Gasteiger partial charge < -0.3 is 4.90 Å². The molecule has 2 aliphatic rings. The Morgan fingerprint density at radius 1 is 0.720 bits per heavy atom. The summed E-state index contributed by atoms with van der Waals surface area (Å²) in [6, 6.07) is 11.9. The van der Waals surface area contributed by atoms with Gasteiger partial charge in [0, 0.05) is 17.8 Å². The van der Waals surface area contributed by atoms with Gasteiger partial charge in [-0.05, 0) is 63.5 Å². The number of para-hydroxylation sites is 1. The zero-order valence-electron chi connectivity index (χ0n) is 14.5. The molecule has 25 heavy (non-hydrogen) atoms. The van der Waals surface area contributed by atoms with Gasteiger partial charge in [-0.2, -0.15) is 0 Å². The molecule has 0 atom stereocenters. The predicted octanol–water partition coefficient (Wildman–Crippen LogP) is 3.79. The van der Waals surface area contributed by atoms with Crippen molar-refractivity contribution < 1.29 is 9.59 Å². The van der Waals surface area contributed by atoms with E-state index in [0.29, 0.717) is 12.1 Å². The molecule has 5 nitrogen and oxygen atoms in total. The van der Waals surface area contributed by atoms with Gasteiger partial charge in [0.15, 0.2) is 0 Å². The third-order valence-corrected chi connectivity index (χ3v) is 5.64. The molecule has 0 saturated heterocycles. The summed E-state index contributed by atoms with van der Waals surface area (Å²) >= 11 is 0. The Morgan fingerprint density at radius 2 is 1.16 bits per heavy atom. The van der Waals surface area contributed by atoms with Gasteiger partial charge in [-0.1, -0.05) is 18.2 Å². The molecule has 0 unspecified atom stereocenters. The molecule has 0 spiro atoms. The third-order valence-electron chi connectivity index (χ3n) is 5.64. The zero-order valence-corrected chi connectivity index (χ0v) is 14.5. The minimum Gasteiger partial charge on any atom is -0.366 e. The van der Waals surface area contributed by atoms with Crippen LogP contribution in [0.25, 0.3) is 0 Å². The van der Waals surface area contributed by atoms with Crippen molar-refractivity contribution in [3.8, 4) is 0 Å². The molecule has 2 saturated carbocycles. The minimum atomic E-state index is 0.143. The highest BCUT2D eigenvalue weighted by Gasteiger charge is 2.33. The average molecular weight is 339 g/mol. The Labute approximate surface area is 148 Å². The normalized spacial score (nSPS) is 29.1. The summed E-state index contributed by atoms with van der Waals surface area (Å²) in [5.74, 6) is 0. The highest BCUT2D eigenvalue weighted by atomic mass is 16.1. The van der Waals surface area contributed by atoms with E-state index in [2.05, 4.69) is 39.2 Å². The van der Waals surface area contributed by atoms with Crippen LogP contribution >= 0.6 is 0 Å². The van der Waals surface area contributed by atoms with Gasteiger partial charge in [0.25, 0.3) is 0 Å². The lowest BCUT2D eigenvalue weighted by molar-refractivity contribution is 0.311. The lowest BCUT2D eigenvalue weighted by atomic mass is 9.85. The fraction of sp³-hybridized carbons (Fsp3) is 0.600. The number of carbonyl (C=O) groups excluding carboxylic acids is 2. The van der Waals surface area contributed by atoms with E-state index in [4.69, 9.17) is 0 Å². The molecule has 0 amide bonds. The summed E-state index contributed by atoms with van der Waals surface area (Å²) in [4.78, 5) is 31.4. The highest BCUT2D eigenvalue weighted by molar-refractivity contribution is 5.48. The first-order valence-electron chi connectivity index (χ1n) is 9.29. The van der Waals surface area contributed by atoms with E-state index >= 15 is 0 Å². The lowest BCUT2D eigenvalue weighted by Gasteiger charge is -2.44. The van der Waals surface area contributed by atoms with Gasteiger partial charge in [-0.3, -0.25) is 0 Å². The molecule has 2 fully saturated rings. The first-order valence-corrected chi connectivity index (χ1v) is 9.29. The van der Waals surface area contributed by atoms with Crippen LogP contribution in [0.15, 0.2) is 40.3 Å². The van der Waals surface area contributed by atoms with Crippen molar-refractivity contribution in [2.24, 2.45) is 9.98 Å². The van der Waals surface area contributed by atoms with E-state index in [1.54, 1.807) is 12.2 Å². The second-order valence-corrected chi connectivity index (χ2v) is 7.11. The van der Waals surface area contributed by atoms with Crippen molar-refractivity contribution in [2.75, 3.05) is 4.90 Å². The summed E-state index contributed by atoms with van der Waals surface area (Å²) < 4.78 is 0. The van der Waals surface area contributed by atoms with E-state index in [9.17, 15) is 9.59 Å². The van der Waals surface area contributed by atoms with Gasteiger partial charge in [0.2, 0.25) is 12.2 Å². The minimum absolute atomic E-state index is 0.143. The van der Waals surface area contributed by atoms with Gasteiger partial charge in [0.05, 0.1) is 12.1 Å². The molecule has 0 radical (unpaired) electrons. The number of benzene rings is 1. The number of anilines is 1. The van der Waals surface area contributed by atoms with Crippen LogP contribution in [-0.4, -0.2) is 36.3 Å². The average Bonchev–Trinajstić information content (AvgIpc) is 2.66. The standard InChI is InChI=1S/C20H25N3O2/c24-14-21-16-6-10-19(11-7-16)23(18-4-2-1-3-5-18)20-12-8-17(9-13-20)22-15-25/h1-5,16-17,19-20H,6-13H2. The quantitative estimate of drug-likeness (QED) is 0.606. The second-order valence-electron chi connectivity index (χ2n) is 7.11. The number of rotatable bonds is 5. The maximum Gasteiger partial charge on any atom is 0.235 e. The van der Waals surface area contributed by atoms with Crippen LogP contribution in [0, 0.1) is 0 Å². The van der Waals surface area contributed by atoms with E-state index in [-0.39, 0.29) is 12.1 Å². The fourth-order valence-corrected chi connectivity index (χ4v) is 4.40. The molecule has 0 bridgehead atoms. The molecule has 0 aliphatic heterocycles. The maximum atomic E-state index is 10.5. The first-order chi connectivity index (χ1) is 12.3. The molecule has 1 aromatic rings. The van der Waals surface area contributed by atoms with Crippen LogP contribution in [0.3, 0.4) is 0 Å². The molecule has 0 aromatic heterocycles. The van der Waals surface area contributed by atoms with Crippen LogP contribution in [0.1, 0.15) is 51.4 Å². The largest absolute Gasteiger partial charge is 0.366 e. The molecular formula is C20H25N3O2. The van der Waals surface area contributed by atoms with E-state index in [1.807, 2.05) is 6.07 Å². The lowest BCUT2D eigenvalue weighted by Crippen LogP contribution is -2.47. The Hall–Kier alpha value is -2.22. The molecule has 132 valence electrons. The van der Waals surface area contributed by atoms with Gasteiger partial charge in [-0.15, -0.1) is 0 Å². The van der Waals surface area contributed by atoms with E-state index < -0.39 is 0 Å². The van der Waals surface area contributed by atoms with Crippen molar-refractivity contribution in [3.05, 3.63) is 30.3 Å². The van der Waals surface area contributed by atoms with Crippen molar-refractivity contribution in [1.29, 1.82) is 0 Å². The summed E-state index contributed by atoms with van der Waals surface area (Å²) in [6.07, 6.45) is 11.4. The third kappa shape index (κ3) is 4.45. The number of hydrogen-bond acceptors (Lipinski definition) is 5. The molecule has 1 aromatic carbocycles. The molecule has 0 heterocycles. The SMILES string of the molecule is O=C=NC1CCC(N(c2ccccc2)C2CCC(N=C=O)CC2)CC1. The molecule has 5 heteroatoms.